The van der Waals surface area contributed by atoms with Crippen molar-refractivity contribution >= 4 is 23.3 Å². The van der Waals surface area contributed by atoms with Gasteiger partial charge in [-0.25, -0.2) is 4.79 Å². The number of nitrogens with one attached hydrogen (secondary N) is 2. The quantitative estimate of drug-likeness (QED) is 0.551. The first-order valence-electron chi connectivity index (χ1n) is 7.14. The van der Waals surface area contributed by atoms with Gasteiger partial charge in [-0.05, 0) is 17.7 Å². The van der Waals surface area contributed by atoms with Crippen LogP contribution in [0.15, 0.2) is 48.5 Å². The standard InChI is InChI=1S/C16H16ClN3O4/c17-13-7-5-11(6-8-13)14(10-21)19-16(22)18-9-12-3-1-2-4-15(12)20(23)24/h1-8,14,21H,9-10H2,(H2,18,19,22). The highest BCUT2D eigenvalue weighted by Crippen LogP contribution is 2.18. The number of nitro benzene ring substituents is 1. The van der Waals surface area contributed by atoms with E-state index < -0.39 is 17.0 Å². The van der Waals surface area contributed by atoms with Crippen LogP contribution in [0.2, 0.25) is 5.02 Å². The third kappa shape index (κ3) is 4.68. The first kappa shape index (κ1) is 17.7. The second kappa shape index (κ2) is 8.28. The lowest BCUT2D eigenvalue weighted by atomic mass is 10.1. The zero-order valence-corrected chi connectivity index (χ0v) is 13.4. The van der Waals surface area contributed by atoms with Gasteiger partial charge in [0.15, 0.2) is 0 Å². The first-order chi connectivity index (χ1) is 11.5. The molecule has 2 aromatic rings. The molecule has 0 spiro atoms. The number of hydrogen-bond acceptors (Lipinski definition) is 4. The molecule has 0 aliphatic carbocycles. The van der Waals surface area contributed by atoms with E-state index in [4.69, 9.17) is 11.6 Å². The van der Waals surface area contributed by atoms with Gasteiger partial charge in [0, 0.05) is 16.7 Å². The van der Waals surface area contributed by atoms with Crippen LogP contribution in [0.5, 0.6) is 0 Å². The van der Waals surface area contributed by atoms with E-state index in [1.54, 1.807) is 42.5 Å². The third-order valence-corrected chi connectivity index (χ3v) is 3.64. The highest BCUT2D eigenvalue weighted by atomic mass is 35.5. The van der Waals surface area contributed by atoms with Gasteiger partial charge in [0.2, 0.25) is 0 Å². The summed E-state index contributed by atoms with van der Waals surface area (Å²) >= 11 is 5.81. The Bertz CT molecular complexity index is 722. The zero-order chi connectivity index (χ0) is 17.5. The molecule has 0 fully saturated rings. The summed E-state index contributed by atoms with van der Waals surface area (Å²) in [4.78, 5) is 22.4. The molecule has 1 unspecified atom stereocenters. The predicted octanol–water partition coefficient (Wildman–Crippen LogP) is 2.78. The Balaban J connectivity index is 1.97. The van der Waals surface area contributed by atoms with Gasteiger partial charge in [-0.15, -0.1) is 0 Å². The van der Waals surface area contributed by atoms with E-state index >= 15 is 0 Å². The maximum absolute atomic E-state index is 12.0. The molecular formula is C16H16ClN3O4. The predicted molar refractivity (Wildman–Crippen MR) is 89.7 cm³/mol. The van der Waals surface area contributed by atoms with Crippen molar-refractivity contribution in [3.63, 3.8) is 0 Å². The highest BCUT2D eigenvalue weighted by Gasteiger charge is 2.16. The molecular weight excluding hydrogens is 334 g/mol. The SMILES string of the molecule is O=C(NCc1ccccc1[N+](=O)[O-])NC(CO)c1ccc(Cl)cc1. The van der Waals surface area contributed by atoms with Gasteiger partial charge in [0.05, 0.1) is 24.1 Å². The van der Waals surface area contributed by atoms with Crippen LogP contribution in [0.3, 0.4) is 0 Å². The topological polar surface area (TPSA) is 104 Å². The monoisotopic (exact) mass is 349 g/mol. The van der Waals surface area contributed by atoms with E-state index in [1.807, 2.05) is 0 Å². The summed E-state index contributed by atoms with van der Waals surface area (Å²) in [7, 11) is 0. The zero-order valence-electron chi connectivity index (χ0n) is 12.6. The lowest BCUT2D eigenvalue weighted by molar-refractivity contribution is -0.385. The Morgan fingerprint density at radius 3 is 2.50 bits per heavy atom. The van der Waals surface area contributed by atoms with Gasteiger partial charge >= 0.3 is 6.03 Å². The number of aliphatic hydroxyl groups excluding tert-OH is 1. The Kier molecular flexibility index (Phi) is 6.11. The molecule has 0 heterocycles. The molecule has 2 rings (SSSR count). The molecule has 2 aromatic carbocycles. The van der Waals surface area contributed by atoms with Crippen molar-refractivity contribution in [3.8, 4) is 0 Å². The van der Waals surface area contributed by atoms with Gasteiger partial charge in [0.1, 0.15) is 0 Å². The Morgan fingerprint density at radius 2 is 1.88 bits per heavy atom. The average molecular weight is 350 g/mol. The molecule has 0 bridgehead atoms. The smallest absolute Gasteiger partial charge is 0.315 e. The number of urea groups is 1. The van der Waals surface area contributed by atoms with E-state index in [1.165, 1.54) is 6.07 Å². The fourth-order valence-corrected chi connectivity index (χ4v) is 2.28. The van der Waals surface area contributed by atoms with Crippen molar-refractivity contribution in [1.82, 2.24) is 10.6 Å². The summed E-state index contributed by atoms with van der Waals surface area (Å²) in [5.74, 6) is 0. The molecule has 8 heteroatoms. The van der Waals surface area contributed by atoms with E-state index in [0.29, 0.717) is 16.1 Å². The number of para-hydroxylation sites is 1. The number of carbonyl (C=O) groups is 1. The van der Waals surface area contributed by atoms with Gasteiger partial charge < -0.3 is 15.7 Å². The molecule has 126 valence electrons. The van der Waals surface area contributed by atoms with E-state index in [2.05, 4.69) is 10.6 Å². The van der Waals surface area contributed by atoms with Crippen LogP contribution in [0, 0.1) is 10.1 Å². The fraction of sp³-hybridized carbons (Fsp3) is 0.188. The molecule has 7 nitrogen and oxygen atoms in total. The minimum absolute atomic E-state index is 0.00174. The van der Waals surface area contributed by atoms with Crippen LogP contribution in [0.4, 0.5) is 10.5 Å². The maximum atomic E-state index is 12.0. The maximum Gasteiger partial charge on any atom is 0.315 e. The number of benzene rings is 2. The van der Waals surface area contributed by atoms with Crippen LogP contribution in [-0.4, -0.2) is 22.7 Å². The lowest BCUT2D eigenvalue weighted by Crippen LogP contribution is -2.39. The second-order valence-corrected chi connectivity index (χ2v) is 5.44. The van der Waals surface area contributed by atoms with E-state index in [0.717, 1.165) is 0 Å². The molecule has 0 saturated heterocycles. The van der Waals surface area contributed by atoms with Gasteiger partial charge in [-0.1, -0.05) is 41.9 Å². The number of aliphatic hydroxyl groups is 1. The number of halogens is 1. The number of nitrogens with zero attached hydrogens (tertiary/aromatic N) is 1. The molecule has 0 radical (unpaired) electrons. The van der Waals surface area contributed by atoms with Crippen LogP contribution in [0.25, 0.3) is 0 Å². The van der Waals surface area contributed by atoms with Gasteiger partial charge in [0.25, 0.3) is 5.69 Å². The summed E-state index contributed by atoms with van der Waals surface area (Å²) in [5, 5.41) is 26.1. The molecule has 0 saturated carbocycles. The number of nitro groups is 1. The first-order valence-corrected chi connectivity index (χ1v) is 7.52. The van der Waals surface area contributed by atoms with Crippen LogP contribution >= 0.6 is 11.6 Å². The number of hydrogen-bond donors (Lipinski definition) is 3. The van der Waals surface area contributed by atoms with Crippen LogP contribution in [-0.2, 0) is 6.54 Å². The molecule has 24 heavy (non-hydrogen) atoms. The summed E-state index contributed by atoms with van der Waals surface area (Å²) in [6.45, 7) is -0.289. The van der Waals surface area contributed by atoms with Gasteiger partial charge in [-0.2, -0.15) is 0 Å². The minimum atomic E-state index is -0.604. The summed E-state index contributed by atoms with van der Waals surface area (Å²) in [6, 6.07) is 11.7. The lowest BCUT2D eigenvalue weighted by Gasteiger charge is -2.17. The van der Waals surface area contributed by atoms with Crippen molar-refractivity contribution < 1.29 is 14.8 Å². The average Bonchev–Trinajstić information content (AvgIpc) is 2.59. The second-order valence-electron chi connectivity index (χ2n) is 5.00. The highest BCUT2D eigenvalue weighted by molar-refractivity contribution is 6.30. The summed E-state index contributed by atoms with van der Waals surface area (Å²) < 4.78 is 0. The molecule has 0 aromatic heterocycles. The minimum Gasteiger partial charge on any atom is -0.394 e. The number of carbonyl (C=O) groups excluding carboxylic acids is 1. The molecule has 0 aliphatic rings. The van der Waals surface area contributed by atoms with Crippen LogP contribution in [0.1, 0.15) is 17.2 Å². The van der Waals surface area contributed by atoms with Crippen molar-refractivity contribution in [3.05, 3.63) is 74.8 Å². The van der Waals surface area contributed by atoms with Crippen LogP contribution < -0.4 is 10.6 Å². The Morgan fingerprint density at radius 1 is 1.21 bits per heavy atom. The Labute approximate surface area is 143 Å². The Hall–Kier alpha value is -2.64. The number of rotatable bonds is 6. The molecule has 3 N–H and O–H groups in total. The van der Waals surface area contributed by atoms with Crippen molar-refractivity contribution in [2.24, 2.45) is 0 Å². The summed E-state index contributed by atoms with van der Waals surface area (Å²) in [5.41, 5.74) is 1.03. The third-order valence-electron chi connectivity index (χ3n) is 3.39. The molecule has 0 aliphatic heterocycles. The largest absolute Gasteiger partial charge is 0.394 e. The van der Waals surface area contributed by atoms with Crippen molar-refractivity contribution in [2.45, 2.75) is 12.6 Å². The molecule has 1 atom stereocenters. The van der Waals surface area contributed by atoms with E-state index in [9.17, 15) is 20.0 Å². The van der Waals surface area contributed by atoms with Crippen molar-refractivity contribution in [1.29, 1.82) is 0 Å². The molecule has 2 amide bonds. The van der Waals surface area contributed by atoms with E-state index in [-0.39, 0.29) is 18.8 Å². The number of amides is 2. The van der Waals surface area contributed by atoms with Crippen molar-refractivity contribution in [2.75, 3.05) is 6.61 Å². The normalized spacial score (nSPS) is 11.6. The summed E-state index contributed by atoms with van der Waals surface area (Å²) in [6.07, 6.45) is 0. The van der Waals surface area contributed by atoms with Gasteiger partial charge in [-0.3, -0.25) is 10.1 Å². The fourth-order valence-electron chi connectivity index (χ4n) is 2.15.